The summed E-state index contributed by atoms with van der Waals surface area (Å²) in [7, 11) is 0. The number of ether oxygens (including phenoxy) is 1. The molecule has 6 nitrogen and oxygen atoms in total. The summed E-state index contributed by atoms with van der Waals surface area (Å²) in [6.45, 7) is 1.08. The minimum Gasteiger partial charge on any atom is -0.485 e. The summed E-state index contributed by atoms with van der Waals surface area (Å²) in [5.41, 5.74) is 6.25. The molecule has 0 aliphatic carbocycles. The van der Waals surface area contributed by atoms with E-state index in [1.165, 1.54) is 16.5 Å². The fraction of sp³-hybridized carbons (Fsp3) is 0.167. The Morgan fingerprint density at radius 1 is 1.09 bits per heavy atom. The van der Waals surface area contributed by atoms with Gasteiger partial charge in [-0.2, -0.15) is 0 Å². The number of halogens is 4. The molecule has 4 rings (SSSR count). The molecule has 0 aliphatic rings. The van der Waals surface area contributed by atoms with Gasteiger partial charge >= 0.3 is 0 Å². The summed E-state index contributed by atoms with van der Waals surface area (Å²) in [5.74, 6) is -3.46. The van der Waals surface area contributed by atoms with Crippen molar-refractivity contribution in [2.45, 2.75) is 19.6 Å². The second kappa shape index (κ2) is 9.52. The number of aryl methyl sites for hydroxylation is 1. The first-order chi connectivity index (χ1) is 16.3. The zero-order valence-electron chi connectivity index (χ0n) is 18.0. The van der Waals surface area contributed by atoms with Crippen LogP contribution in [-0.4, -0.2) is 21.8 Å². The van der Waals surface area contributed by atoms with Gasteiger partial charge in [-0.25, -0.2) is 22.5 Å². The molecule has 176 valence electrons. The number of amides is 1. The fourth-order valence-corrected chi connectivity index (χ4v) is 3.64. The first kappa shape index (κ1) is 23.2. The molecule has 0 spiro atoms. The quantitative estimate of drug-likeness (QED) is 0.395. The van der Waals surface area contributed by atoms with Crippen molar-refractivity contribution >= 4 is 11.6 Å². The third-order valence-electron chi connectivity index (χ3n) is 5.32. The van der Waals surface area contributed by atoms with E-state index < -0.39 is 35.2 Å². The van der Waals surface area contributed by atoms with E-state index in [-0.39, 0.29) is 41.4 Å². The third kappa shape index (κ3) is 4.44. The number of hydrogen-bond donors (Lipinski definition) is 2. The van der Waals surface area contributed by atoms with E-state index in [1.54, 1.807) is 25.3 Å². The largest absolute Gasteiger partial charge is 0.485 e. The molecule has 0 radical (unpaired) electrons. The normalized spacial score (nSPS) is 12.1. The number of rotatable bonds is 7. The van der Waals surface area contributed by atoms with E-state index >= 15 is 0 Å². The van der Waals surface area contributed by atoms with Gasteiger partial charge in [-0.05, 0) is 37.3 Å². The molecule has 4 aromatic rings. The Hall–Kier alpha value is -3.92. The highest BCUT2D eigenvalue weighted by Crippen LogP contribution is 2.25. The van der Waals surface area contributed by atoms with Gasteiger partial charge in [0.15, 0.2) is 11.4 Å². The van der Waals surface area contributed by atoms with E-state index in [0.717, 1.165) is 18.2 Å². The fourth-order valence-electron chi connectivity index (χ4n) is 3.64. The molecular formula is C24H20F4N4O2. The lowest BCUT2D eigenvalue weighted by Crippen LogP contribution is -2.35. The number of imidazole rings is 1. The van der Waals surface area contributed by atoms with Crippen LogP contribution in [0.25, 0.3) is 5.65 Å². The number of aromatic nitrogens is 2. The second-order valence-electron chi connectivity index (χ2n) is 7.53. The maximum atomic E-state index is 14.2. The smallest absolute Gasteiger partial charge is 0.270 e. The van der Waals surface area contributed by atoms with Crippen molar-refractivity contribution < 1.29 is 27.1 Å². The first-order valence-corrected chi connectivity index (χ1v) is 10.3. The lowest BCUT2D eigenvalue weighted by molar-refractivity contribution is 0.0930. The van der Waals surface area contributed by atoms with Gasteiger partial charge in [0.2, 0.25) is 0 Å². The number of hydrogen-bond acceptors (Lipinski definition) is 4. The van der Waals surface area contributed by atoms with Gasteiger partial charge in [-0.15, -0.1) is 0 Å². The number of nitrogens with two attached hydrogens (primary N) is 1. The molecule has 34 heavy (non-hydrogen) atoms. The molecule has 1 unspecified atom stereocenters. The van der Waals surface area contributed by atoms with Gasteiger partial charge in [-0.3, -0.25) is 9.20 Å². The number of pyridine rings is 1. The summed E-state index contributed by atoms with van der Waals surface area (Å²) < 4.78 is 62.4. The van der Waals surface area contributed by atoms with Crippen LogP contribution >= 0.6 is 0 Å². The lowest BCUT2D eigenvalue weighted by Gasteiger charge is -2.18. The molecule has 2 aromatic carbocycles. The van der Waals surface area contributed by atoms with Gasteiger partial charge in [0.05, 0.1) is 17.3 Å². The number of nitrogens with zero attached hydrogens (tertiary/aromatic N) is 2. The molecule has 0 saturated heterocycles. The highest BCUT2D eigenvalue weighted by molar-refractivity contribution is 5.95. The van der Waals surface area contributed by atoms with Crippen molar-refractivity contribution in [1.29, 1.82) is 0 Å². The van der Waals surface area contributed by atoms with Crippen molar-refractivity contribution in [3.05, 3.63) is 101 Å². The average Bonchev–Trinajstić information content (AvgIpc) is 3.14. The van der Waals surface area contributed by atoms with Gasteiger partial charge in [-0.1, -0.05) is 12.1 Å². The molecule has 2 heterocycles. The van der Waals surface area contributed by atoms with Crippen molar-refractivity contribution in [1.82, 2.24) is 14.7 Å². The van der Waals surface area contributed by atoms with Gasteiger partial charge in [0, 0.05) is 24.4 Å². The molecule has 1 atom stereocenters. The predicted octanol–water partition coefficient (Wildman–Crippen LogP) is 4.21. The molecular weight excluding hydrogens is 452 g/mol. The van der Waals surface area contributed by atoms with Gasteiger partial charge in [0.25, 0.3) is 5.91 Å². The summed E-state index contributed by atoms with van der Waals surface area (Å²) in [6.07, 6.45) is 1.57. The molecule has 0 fully saturated rings. The van der Waals surface area contributed by atoms with E-state index in [9.17, 15) is 22.4 Å². The minimum atomic E-state index is -0.915. The van der Waals surface area contributed by atoms with Crippen molar-refractivity contribution in [2.75, 3.05) is 6.54 Å². The number of benzene rings is 2. The Morgan fingerprint density at radius 2 is 1.82 bits per heavy atom. The van der Waals surface area contributed by atoms with Gasteiger partial charge in [0.1, 0.15) is 35.6 Å². The third-order valence-corrected chi connectivity index (χ3v) is 5.32. The summed E-state index contributed by atoms with van der Waals surface area (Å²) >= 11 is 0. The topological polar surface area (TPSA) is 81.7 Å². The molecule has 0 aliphatic heterocycles. The number of carbonyl (C=O) groups excluding carboxylic acids is 1. The number of nitrogens with one attached hydrogen (secondary N) is 1. The van der Waals surface area contributed by atoms with E-state index in [2.05, 4.69) is 10.3 Å². The van der Waals surface area contributed by atoms with Crippen LogP contribution in [0.1, 0.15) is 33.4 Å². The summed E-state index contributed by atoms with van der Waals surface area (Å²) in [5, 5.41) is 2.64. The zero-order valence-corrected chi connectivity index (χ0v) is 18.0. The van der Waals surface area contributed by atoms with Crippen molar-refractivity contribution in [3.63, 3.8) is 0 Å². The Bertz CT molecular complexity index is 1350. The Morgan fingerprint density at radius 3 is 2.50 bits per heavy atom. The molecule has 0 bridgehead atoms. The van der Waals surface area contributed by atoms with E-state index in [4.69, 9.17) is 10.5 Å². The molecule has 3 N–H and O–H groups in total. The SMILES string of the molecule is Cc1nc2c(OCc3c(F)cccc3F)cccn2c1C(=O)NC(CN)c1ccc(F)cc1F. The molecule has 0 saturated carbocycles. The maximum absolute atomic E-state index is 14.2. The van der Waals surface area contributed by atoms with Crippen LogP contribution in [0.4, 0.5) is 17.6 Å². The van der Waals surface area contributed by atoms with Crippen molar-refractivity contribution in [3.8, 4) is 5.75 Å². The van der Waals surface area contributed by atoms with E-state index in [1.807, 2.05) is 0 Å². The predicted molar refractivity (Wildman–Crippen MR) is 116 cm³/mol. The molecule has 2 aromatic heterocycles. The van der Waals surface area contributed by atoms with Crippen LogP contribution in [0, 0.1) is 30.2 Å². The summed E-state index contributed by atoms with van der Waals surface area (Å²) in [6, 6.07) is 8.74. The molecule has 10 heteroatoms. The van der Waals surface area contributed by atoms with E-state index in [0.29, 0.717) is 11.8 Å². The van der Waals surface area contributed by atoms with Crippen molar-refractivity contribution in [2.24, 2.45) is 5.73 Å². The monoisotopic (exact) mass is 472 g/mol. The second-order valence-corrected chi connectivity index (χ2v) is 7.53. The standard InChI is InChI=1S/C24H20F4N4O2/c1-13-22(24(33)31-20(11-29)15-8-7-14(25)10-19(15)28)32-9-3-6-21(23(32)30-13)34-12-16-17(26)4-2-5-18(16)27/h2-10,20H,11-12,29H2,1H3,(H,31,33). The van der Waals surface area contributed by atoms with Crippen LogP contribution in [0.15, 0.2) is 54.7 Å². The van der Waals surface area contributed by atoms with Crippen LogP contribution in [0.2, 0.25) is 0 Å². The van der Waals surface area contributed by atoms with Gasteiger partial charge < -0.3 is 15.8 Å². The Labute approximate surface area is 192 Å². The minimum absolute atomic E-state index is 0.0414. The van der Waals surface area contributed by atoms with Crippen LogP contribution < -0.4 is 15.8 Å². The number of fused-ring (bicyclic) bond motifs is 1. The van der Waals surface area contributed by atoms with Crippen LogP contribution in [0.3, 0.4) is 0 Å². The maximum Gasteiger partial charge on any atom is 0.270 e. The molecule has 1 amide bonds. The average molecular weight is 472 g/mol. The summed E-state index contributed by atoms with van der Waals surface area (Å²) in [4.78, 5) is 17.4. The zero-order chi connectivity index (χ0) is 24.4. The highest BCUT2D eigenvalue weighted by atomic mass is 19.1. The van der Waals surface area contributed by atoms with Crippen LogP contribution in [-0.2, 0) is 6.61 Å². The highest BCUT2D eigenvalue weighted by Gasteiger charge is 2.23. The van der Waals surface area contributed by atoms with Crippen LogP contribution in [0.5, 0.6) is 5.75 Å². The Kier molecular flexibility index (Phi) is 6.51. The Balaban J connectivity index is 1.62. The lowest BCUT2D eigenvalue weighted by atomic mass is 10.1. The number of carbonyl (C=O) groups is 1. The first-order valence-electron chi connectivity index (χ1n) is 10.3.